The third-order valence-electron chi connectivity index (χ3n) is 2.39. The highest BCUT2D eigenvalue weighted by atomic mass is 16.5. The van der Waals surface area contributed by atoms with E-state index in [9.17, 15) is 4.79 Å². The van der Waals surface area contributed by atoms with Crippen molar-refractivity contribution in [1.29, 1.82) is 0 Å². The van der Waals surface area contributed by atoms with Crippen molar-refractivity contribution in [2.75, 3.05) is 33.9 Å². The zero-order valence-electron chi connectivity index (χ0n) is 10.6. The second-order valence-electron chi connectivity index (χ2n) is 3.68. The van der Waals surface area contributed by atoms with Gasteiger partial charge in [0.2, 0.25) is 0 Å². The van der Waals surface area contributed by atoms with Crippen LogP contribution in [0.1, 0.15) is 17.3 Å². The zero-order chi connectivity index (χ0) is 12.7. The Hall–Kier alpha value is -1.55. The smallest absolute Gasteiger partial charge is 0.253 e. The van der Waals surface area contributed by atoms with Gasteiger partial charge in [0.25, 0.3) is 5.91 Å². The molecule has 1 rings (SSSR count). The Morgan fingerprint density at radius 3 is 2.47 bits per heavy atom. The topological polar surface area (TPSA) is 38.8 Å². The maximum atomic E-state index is 11.9. The molecule has 0 saturated carbocycles. The molecule has 0 aromatic heterocycles. The van der Waals surface area contributed by atoms with Gasteiger partial charge in [-0.25, -0.2) is 0 Å². The van der Waals surface area contributed by atoms with Gasteiger partial charge in [-0.15, -0.1) is 0 Å². The Labute approximate surface area is 102 Å². The molecule has 0 N–H and O–H groups in total. The Bertz CT molecular complexity index is 348. The number of benzene rings is 1. The minimum Gasteiger partial charge on any atom is -0.494 e. The van der Waals surface area contributed by atoms with Gasteiger partial charge >= 0.3 is 0 Å². The first-order valence-corrected chi connectivity index (χ1v) is 5.66. The van der Waals surface area contributed by atoms with Crippen LogP contribution in [0.15, 0.2) is 24.3 Å². The van der Waals surface area contributed by atoms with Crippen LogP contribution in [0.3, 0.4) is 0 Å². The van der Waals surface area contributed by atoms with E-state index < -0.39 is 0 Å². The molecule has 1 amide bonds. The summed E-state index contributed by atoms with van der Waals surface area (Å²) in [6.45, 7) is 3.68. The van der Waals surface area contributed by atoms with Crippen molar-refractivity contribution >= 4 is 5.91 Å². The number of ether oxygens (including phenoxy) is 2. The van der Waals surface area contributed by atoms with E-state index in [0.717, 1.165) is 5.75 Å². The van der Waals surface area contributed by atoms with Gasteiger partial charge in [-0.05, 0) is 31.2 Å². The highest BCUT2D eigenvalue weighted by Crippen LogP contribution is 2.13. The maximum absolute atomic E-state index is 11.9. The van der Waals surface area contributed by atoms with Crippen molar-refractivity contribution in [1.82, 2.24) is 4.90 Å². The minimum atomic E-state index is -0.00917. The molecule has 4 nitrogen and oxygen atoms in total. The number of rotatable bonds is 6. The fraction of sp³-hybridized carbons (Fsp3) is 0.462. The number of carbonyl (C=O) groups is 1. The molecule has 17 heavy (non-hydrogen) atoms. The molecular weight excluding hydrogens is 218 g/mol. The molecule has 0 radical (unpaired) electrons. The van der Waals surface area contributed by atoms with Gasteiger partial charge in [-0.2, -0.15) is 0 Å². The first-order chi connectivity index (χ1) is 8.19. The molecule has 0 atom stereocenters. The van der Waals surface area contributed by atoms with Crippen LogP contribution in [0.4, 0.5) is 0 Å². The first-order valence-electron chi connectivity index (χ1n) is 5.66. The molecule has 0 aliphatic rings. The molecule has 0 spiro atoms. The van der Waals surface area contributed by atoms with Crippen LogP contribution in [0.5, 0.6) is 5.75 Å². The van der Waals surface area contributed by atoms with Crippen LogP contribution in [0.2, 0.25) is 0 Å². The fourth-order valence-corrected chi connectivity index (χ4v) is 1.41. The van der Waals surface area contributed by atoms with Crippen molar-refractivity contribution in [2.45, 2.75) is 6.92 Å². The Kier molecular flexibility index (Phi) is 5.49. The van der Waals surface area contributed by atoms with Crippen molar-refractivity contribution < 1.29 is 14.3 Å². The second-order valence-corrected chi connectivity index (χ2v) is 3.68. The summed E-state index contributed by atoms with van der Waals surface area (Å²) in [5.74, 6) is 0.772. The van der Waals surface area contributed by atoms with Crippen molar-refractivity contribution in [3.05, 3.63) is 29.8 Å². The van der Waals surface area contributed by atoms with Crippen LogP contribution in [0, 0.1) is 0 Å². The summed E-state index contributed by atoms with van der Waals surface area (Å²) in [6.07, 6.45) is 0. The Morgan fingerprint density at radius 2 is 1.94 bits per heavy atom. The lowest BCUT2D eigenvalue weighted by Crippen LogP contribution is -2.29. The van der Waals surface area contributed by atoms with Gasteiger partial charge in [0, 0.05) is 26.3 Å². The molecule has 1 aromatic rings. The summed E-state index contributed by atoms with van der Waals surface area (Å²) >= 11 is 0. The maximum Gasteiger partial charge on any atom is 0.253 e. The number of amides is 1. The molecule has 0 aliphatic carbocycles. The number of nitrogens with zero attached hydrogens (tertiary/aromatic N) is 1. The van der Waals surface area contributed by atoms with Crippen LogP contribution in [0.25, 0.3) is 0 Å². The van der Waals surface area contributed by atoms with Crippen molar-refractivity contribution in [2.24, 2.45) is 0 Å². The van der Waals surface area contributed by atoms with Crippen molar-refractivity contribution in [3.8, 4) is 5.75 Å². The summed E-state index contributed by atoms with van der Waals surface area (Å²) in [5.41, 5.74) is 0.659. The van der Waals surface area contributed by atoms with Crippen LogP contribution in [-0.2, 0) is 4.74 Å². The normalized spacial score (nSPS) is 10.1. The molecule has 1 aromatic carbocycles. The molecule has 94 valence electrons. The summed E-state index contributed by atoms with van der Waals surface area (Å²) in [4.78, 5) is 13.6. The van der Waals surface area contributed by atoms with E-state index in [4.69, 9.17) is 9.47 Å². The van der Waals surface area contributed by atoms with Gasteiger partial charge in [-0.1, -0.05) is 0 Å². The van der Waals surface area contributed by atoms with Crippen LogP contribution >= 0.6 is 0 Å². The van der Waals surface area contributed by atoms with Gasteiger partial charge in [0.05, 0.1) is 13.2 Å². The van der Waals surface area contributed by atoms with Gasteiger partial charge in [0.15, 0.2) is 0 Å². The lowest BCUT2D eigenvalue weighted by Gasteiger charge is -2.16. The number of carbonyl (C=O) groups excluding carboxylic acids is 1. The molecule has 0 fully saturated rings. The van der Waals surface area contributed by atoms with E-state index in [0.29, 0.717) is 25.3 Å². The van der Waals surface area contributed by atoms with E-state index in [1.807, 2.05) is 6.92 Å². The van der Waals surface area contributed by atoms with E-state index in [1.165, 1.54) is 0 Å². The molecule has 0 bridgehead atoms. The SMILES string of the molecule is CCOc1ccc(C(=O)N(C)CCOC)cc1. The molecule has 0 heterocycles. The molecule has 0 unspecified atom stereocenters. The molecule has 0 saturated heterocycles. The Balaban J connectivity index is 2.62. The summed E-state index contributed by atoms with van der Waals surface area (Å²) in [5, 5.41) is 0. The number of methoxy groups -OCH3 is 1. The van der Waals surface area contributed by atoms with Crippen LogP contribution in [-0.4, -0.2) is 44.7 Å². The average Bonchev–Trinajstić information content (AvgIpc) is 2.36. The van der Waals surface area contributed by atoms with E-state index in [2.05, 4.69) is 0 Å². The van der Waals surface area contributed by atoms with Gasteiger partial charge in [-0.3, -0.25) is 4.79 Å². The van der Waals surface area contributed by atoms with E-state index in [1.54, 1.807) is 43.3 Å². The quantitative estimate of drug-likeness (QED) is 0.757. The number of hydrogen-bond acceptors (Lipinski definition) is 3. The standard InChI is InChI=1S/C13H19NO3/c1-4-17-12-7-5-11(6-8-12)13(15)14(2)9-10-16-3/h5-8H,4,9-10H2,1-3H3. The third kappa shape index (κ3) is 4.07. The third-order valence-corrected chi connectivity index (χ3v) is 2.39. The highest BCUT2D eigenvalue weighted by molar-refractivity contribution is 5.94. The lowest BCUT2D eigenvalue weighted by atomic mass is 10.2. The molecule has 4 heteroatoms. The lowest BCUT2D eigenvalue weighted by molar-refractivity contribution is 0.0744. The summed E-state index contributed by atoms with van der Waals surface area (Å²) in [6, 6.07) is 7.16. The molecular formula is C13H19NO3. The fourth-order valence-electron chi connectivity index (χ4n) is 1.41. The number of likely N-dealkylation sites (N-methyl/N-ethyl adjacent to an activating group) is 1. The van der Waals surface area contributed by atoms with Crippen LogP contribution < -0.4 is 4.74 Å². The second kappa shape index (κ2) is 6.91. The van der Waals surface area contributed by atoms with Gasteiger partial charge in [0.1, 0.15) is 5.75 Å². The predicted molar refractivity (Wildman–Crippen MR) is 66.4 cm³/mol. The summed E-state index contributed by atoms with van der Waals surface area (Å²) < 4.78 is 10.3. The van der Waals surface area contributed by atoms with Gasteiger partial charge < -0.3 is 14.4 Å². The largest absolute Gasteiger partial charge is 0.494 e. The van der Waals surface area contributed by atoms with Crippen molar-refractivity contribution in [3.63, 3.8) is 0 Å². The minimum absolute atomic E-state index is 0.00917. The first kappa shape index (κ1) is 13.5. The highest BCUT2D eigenvalue weighted by Gasteiger charge is 2.10. The summed E-state index contributed by atoms with van der Waals surface area (Å²) in [7, 11) is 3.38. The molecule has 0 aliphatic heterocycles. The van der Waals surface area contributed by atoms with E-state index in [-0.39, 0.29) is 5.91 Å². The monoisotopic (exact) mass is 237 g/mol. The predicted octanol–water partition coefficient (Wildman–Crippen LogP) is 1.80. The zero-order valence-corrected chi connectivity index (χ0v) is 10.6. The average molecular weight is 237 g/mol. The van der Waals surface area contributed by atoms with E-state index >= 15 is 0 Å². The Morgan fingerprint density at radius 1 is 1.29 bits per heavy atom. The number of hydrogen-bond donors (Lipinski definition) is 0.